The molecule has 2 atom stereocenters. The minimum absolute atomic E-state index is 0.244. The number of benzene rings is 1. The molecule has 2 unspecified atom stereocenters. The Hall–Kier alpha value is -1.61. The first kappa shape index (κ1) is 11.9. The van der Waals surface area contributed by atoms with Gasteiger partial charge >= 0.3 is 5.97 Å². The van der Waals surface area contributed by atoms with Crippen LogP contribution in [0.3, 0.4) is 0 Å². The van der Waals surface area contributed by atoms with E-state index >= 15 is 0 Å². The molecule has 0 saturated carbocycles. The molecule has 2 rings (SSSR count). The van der Waals surface area contributed by atoms with Crippen LogP contribution in [0, 0.1) is 5.92 Å². The van der Waals surface area contributed by atoms with E-state index in [0.29, 0.717) is 12.0 Å². The summed E-state index contributed by atoms with van der Waals surface area (Å²) in [6.07, 6.45) is 0.846. The second-order valence-corrected chi connectivity index (χ2v) is 4.32. The number of esters is 1. The van der Waals surface area contributed by atoms with Crippen molar-refractivity contribution in [3.8, 4) is 0 Å². The van der Waals surface area contributed by atoms with Crippen molar-refractivity contribution < 1.29 is 14.6 Å². The third kappa shape index (κ3) is 2.74. The zero-order valence-corrected chi connectivity index (χ0v) is 9.63. The van der Waals surface area contributed by atoms with E-state index in [4.69, 9.17) is 4.74 Å². The molecule has 3 heteroatoms. The predicted octanol–water partition coefficient (Wildman–Crippen LogP) is 1.71. The lowest BCUT2D eigenvalue weighted by molar-refractivity contribution is -0.135. The largest absolute Gasteiger partial charge is 0.462 e. The molecule has 17 heavy (non-hydrogen) atoms. The highest BCUT2D eigenvalue weighted by atomic mass is 16.5. The van der Waals surface area contributed by atoms with E-state index in [1.807, 2.05) is 30.3 Å². The summed E-state index contributed by atoms with van der Waals surface area (Å²) >= 11 is 0. The van der Waals surface area contributed by atoms with E-state index in [1.54, 1.807) is 0 Å². The van der Waals surface area contributed by atoms with Crippen LogP contribution in [0.2, 0.25) is 0 Å². The zero-order valence-electron chi connectivity index (χ0n) is 9.63. The Bertz CT molecular complexity index is 411. The number of aliphatic hydroxyl groups is 1. The SMILES string of the molecule is C=C1C(=O)OCC1C(O)CCc1ccccc1. The molecule has 1 saturated heterocycles. The van der Waals surface area contributed by atoms with Gasteiger partial charge in [0.05, 0.1) is 12.0 Å². The number of aliphatic hydroxyl groups excluding tert-OH is 1. The molecule has 1 aromatic rings. The second kappa shape index (κ2) is 5.15. The average Bonchev–Trinajstić information content (AvgIpc) is 2.69. The van der Waals surface area contributed by atoms with Gasteiger partial charge in [0, 0.05) is 5.57 Å². The van der Waals surface area contributed by atoms with Crippen LogP contribution < -0.4 is 0 Å². The molecule has 1 heterocycles. The van der Waals surface area contributed by atoms with Crippen molar-refractivity contribution in [2.45, 2.75) is 18.9 Å². The number of carbonyl (C=O) groups is 1. The van der Waals surface area contributed by atoms with Gasteiger partial charge in [0.1, 0.15) is 6.61 Å². The number of hydrogen-bond acceptors (Lipinski definition) is 3. The number of aryl methyl sites for hydroxylation is 1. The van der Waals surface area contributed by atoms with Crippen LogP contribution in [0.1, 0.15) is 12.0 Å². The number of ether oxygens (including phenoxy) is 1. The lowest BCUT2D eigenvalue weighted by Crippen LogP contribution is -2.22. The Morgan fingerprint density at radius 2 is 2.12 bits per heavy atom. The molecular weight excluding hydrogens is 216 g/mol. The maximum atomic E-state index is 11.1. The van der Waals surface area contributed by atoms with Gasteiger partial charge in [0.15, 0.2) is 0 Å². The topological polar surface area (TPSA) is 46.5 Å². The molecule has 3 nitrogen and oxygen atoms in total. The van der Waals surface area contributed by atoms with E-state index in [1.165, 1.54) is 5.56 Å². The zero-order chi connectivity index (χ0) is 12.3. The molecule has 0 aliphatic carbocycles. The Morgan fingerprint density at radius 1 is 1.41 bits per heavy atom. The summed E-state index contributed by atoms with van der Waals surface area (Å²) in [7, 11) is 0. The fourth-order valence-electron chi connectivity index (χ4n) is 2.01. The summed E-state index contributed by atoms with van der Waals surface area (Å²) in [5, 5.41) is 10.0. The molecule has 1 aliphatic rings. The highest BCUT2D eigenvalue weighted by molar-refractivity contribution is 5.90. The first-order valence-electron chi connectivity index (χ1n) is 5.76. The van der Waals surface area contributed by atoms with E-state index in [9.17, 15) is 9.90 Å². The van der Waals surface area contributed by atoms with Crippen molar-refractivity contribution in [3.63, 3.8) is 0 Å². The third-order valence-electron chi connectivity index (χ3n) is 3.14. The van der Waals surface area contributed by atoms with E-state index < -0.39 is 6.10 Å². The lowest BCUT2D eigenvalue weighted by Gasteiger charge is -2.15. The Kier molecular flexibility index (Phi) is 3.59. The number of hydrogen-bond donors (Lipinski definition) is 1. The maximum Gasteiger partial charge on any atom is 0.333 e. The molecule has 0 amide bonds. The Morgan fingerprint density at radius 3 is 2.71 bits per heavy atom. The van der Waals surface area contributed by atoms with Gasteiger partial charge in [0.2, 0.25) is 0 Å². The number of rotatable bonds is 4. The average molecular weight is 232 g/mol. The van der Waals surface area contributed by atoms with Crippen molar-refractivity contribution in [2.24, 2.45) is 5.92 Å². The van der Waals surface area contributed by atoms with Gasteiger partial charge in [-0.25, -0.2) is 4.79 Å². The van der Waals surface area contributed by atoms with Crippen molar-refractivity contribution in [1.82, 2.24) is 0 Å². The summed E-state index contributed by atoms with van der Waals surface area (Å²) in [5.74, 6) is -0.625. The molecule has 1 aromatic carbocycles. The van der Waals surface area contributed by atoms with Crippen LogP contribution in [0.25, 0.3) is 0 Å². The Balaban J connectivity index is 1.88. The Labute approximate surface area is 101 Å². The van der Waals surface area contributed by atoms with Gasteiger partial charge in [0.25, 0.3) is 0 Å². The van der Waals surface area contributed by atoms with Crippen LogP contribution in [0.4, 0.5) is 0 Å². The summed E-state index contributed by atoms with van der Waals surface area (Å²) in [4.78, 5) is 11.1. The monoisotopic (exact) mass is 232 g/mol. The van der Waals surface area contributed by atoms with Crippen LogP contribution in [0.5, 0.6) is 0 Å². The van der Waals surface area contributed by atoms with Gasteiger partial charge < -0.3 is 9.84 Å². The van der Waals surface area contributed by atoms with Crippen molar-refractivity contribution in [3.05, 3.63) is 48.0 Å². The van der Waals surface area contributed by atoms with Crippen molar-refractivity contribution >= 4 is 5.97 Å². The maximum absolute atomic E-state index is 11.1. The van der Waals surface area contributed by atoms with Crippen LogP contribution in [-0.4, -0.2) is 23.8 Å². The van der Waals surface area contributed by atoms with Gasteiger partial charge in [-0.15, -0.1) is 0 Å². The summed E-state index contributed by atoms with van der Waals surface area (Å²) in [6, 6.07) is 9.96. The molecule has 0 radical (unpaired) electrons. The van der Waals surface area contributed by atoms with Crippen molar-refractivity contribution in [2.75, 3.05) is 6.61 Å². The number of carbonyl (C=O) groups excluding carboxylic acids is 1. The fourth-order valence-corrected chi connectivity index (χ4v) is 2.01. The second-order valence-electron chi connectivity index (χ2n) is 4.32. The first-order valence-corrected chi connectivity index (χ1v) is 5.76. The van der Waals surface area contributed by atoms with E-state index in [2.05, 4.69) is 6.58 Å². The third-order valence-corrected chi connectivity index (χ3v) is 3.14. The van der Waals surface area contributed by atoms with Gasteiger partial charge in [-0.3, -0.25) is 0 Å². The summed E-state index contributed by atoms with van der Waals surface area (Å²) in [6.45, 7) is 3.92. The van der Waals surface area contributed by atoms with E-state index in [0.717, 1.165) is 6.42 Å². The minimum Gasteiger partial charge on any atom is -0.462 e. The summed E-state index contributed by atoms with van der Waals surface area (Å²) in [5.41, 5.74) is 1.58. The van der Waals surface area contributed by atoms with Gasteiger partial charge in [-0.2, -0.15) is 0 Å². The molecule has 0 aromatic heterocycles. The first-order chi connectivity index (χ1) is 8.18. The molecule has 90 valence electrons. The molecule has 0 bridgehead atoms. The quantitative estimate of drug-likeness (QED) is 0.635. The van der Waals surface area contributed by atoms with Crippen LogP contribution in [0.15, 0.2) is 42.5 Å². The number of cyclic esters (lactones) is 1. The normalized spacial score (nSPS) is 21.4. The van der Waals surface area contributed by atoms with Crippen molar-refractivity contribution in [1.29, 1.82) is 0 Å². The molecular formula is C14H16O3. The highest BCUT2D eigenvalue weighted by Gasteiger charge is 2.33. The summed E-state index contributed by atoms with van der Waals surface area (Å²) < 4.78 is 4.85. The van der Waals surface area contributed by atoms with Crippen LogP contribution >= 0.6 is 0 Å². The minimum atomic E-state index is -0.561. The fraction of sp³-hybridized carbons (Fsp3) is 0.357. The predicted molar refractivity (Wildman–Crippen MR) is 64.4 cm³/mol. The highest BCUT2D eigenvalue weighted by Crippen LogP contribution is 2.25. The smallest absolute Gasteiger partial charge is 0.333 e. The van der Waals surface area contributed by atoms with E-state index in [-0.39, 0.29) is 18.5 Å². The molecule has 1 fully saturated rings. The lowest BCUT2D eigenvalue weighted by atomic mass is 9.93. The standard InChI is InChI=1S/C14H16O3/c1-10-12(9-17-14(10)16)13(15)8-7-11-5-3-2-4-6-11/h2-6,12-13,15H,1,7-9H2. The molecule has 1 aliphatic heterocycles. The molecule has 0 spiro atoms. The molecule has 1 N–H and O–H groups in total. The van der Waals surface area contributed by atoms with Gasteiger partial charge in [-0.05, 0) is 18.4 Å². The van der Waals surface area contributed by atoms with Gasteiger partial charge in [-0.1, -0.05) is 36.9 Å². The van der Waals surface area contributed by atoms with Crippen LogP contribution in [-0.2, 0) is 16.0 Å².